The maximum absolute atomic E-state index is 13.2. The van der Waals surface area contributed by atoms with Crippen LogP contribution in [0.2, 0.25) is 0 Å². The number of imide groups is 2. The molecule has 0 saturated carbocycles. The minimum absolute atomic E-state index is 0.00101. The number of rotatable bonds is 9. The van der Waals surface area contributed by atoms with Gasteiger partial charge >= 0.3 is 36.6 Å². The molecule has 3 aromatic heterocycles. The standard InChI is InChI=1S/C30H38BrN5O7.C16H20BrN3O4.C14H19ClN2O3/c1-28(2,3)40-25(37)35(10)17-18-11-13-19(14-12-18)20-15-21(43-34-20)23-24(32-16-22(31)33-23)36(26(38)41-29(4,5)6)27(39)42-30(7,8)9;1-8-10-12(18-9-11(17)19-10)20(13(21)23-15(2,3)4)14(22)24-16(5,6)7;1-14(2,3)20-13(18)17(4)9-10-5-7-11(8-6-10)12(15)16-19/h11-16H,17H2,1-10H3;1,9H,2-7H3;5-8,19H,9H2,1-4H3/b;;16-12-. The first-order chi connectivity index (χ1) is 39.8. The van der Waals surface area contributed by atoms with E-state index in [9.17, 15) is 28.8 Å². The smallest absolute Gasteiger partial charge is 0.425 e. The Morgan fingerprint density at radius 3 is 1.28 bits per heavy atom. The molecular weight excluding hydrogens is 1280 g/mol. The predicted molar refractivity (Wildman–Crippen MR) is 334 cm³/mol. The Kier molecular flexibility index (Phi) is 25.4. The summed E-state index contributed by atoms with van der Waals surface area (Å²) in [5.41, 5.74) is -0.908. The highest BCUT2D eigenvalue weighted by Gasteiger charge is 2.38. The number of nitrogens with zero attached hydrogens (tertiary/aromatic N) is 10. The molecule has 0 aliphatic heterocycles. The Bertz CT molecular complexity index is 3240. The number of anilines is 2. The molecule has 87 heavy (non-hydrogen) atoms. The van der Waals surface area contributed by atoms with Gasteiger partial charge < -0.3 is 48.0 Å². The van der Waals surface area contributed by atoms with E-state index in [0.29, 0.717) is 43.4 Å². The van der Waals surface area contributed by atoms with Crippen molar-refractivity contribution in [3.8, 4) is 35.1 Å². The number of carbonyl (C=O) groups is 6. The summed E-state index contributed by atoms with van der Waals surface area (Å²) >= 11 is 12.1. The molecule has 3 heterocycles. The van der Waals surface area contributed by atoms with Crippen molar-refractivity contribution in [1.82, 2.24) is 34.9 Å². The van der Waals surface area contributed by atoms with Gasteiger partial charge in [-0.15, -0.1) is 6.42 Å². The highest BCUT2D eigenvalue weighted by molar-refractivity contribution is 9.10. The second-order valence-electron chi connectivity index (χ2n) is 25.0. The van der Waals surface area contributed by atoms with Crippen molar-refractivity contribution >= 4 is 96.8 Å². The van der Waals surface area contributed by atoms with Crippen LogP contribution >= 0.6 is 43.5 Å². The van der Waals surface area contributed by atoms with E-state index in [0.717, 1.165) is 16.7 Å². The maximum atomic E-state index is 13.2. The first kappa shape index (κ1) is 73.4. The Hall–Kier alpha value is -7.89. The van der Waals surface area contributed by atoms with Crippen molar-refractivity contribution in [3.63, 3.8) is 0 Å². The Balaban J connectivity index is 0.000000379. The van der Waals surface area contributed by atoms with Gasteiger partial charge in [-0.3, -0.25) is 0 Å². The van der Waals surface area contributed by atoms with E-state index in [2.05, 4.69) is 68.0 Å². The zero-order chi connectivity index (χ0) is 66.4. The van der Waals surface area contributed by atoms with E-state index >= 15 is 0 Å². The van der Waals surface area contributed by atoms with Gasteiger partial charge in [-0.2, -0.15) is 9.80 Å². The van der Waals surface area contributed by atoms with Crippen LogP contribution in [0, 0.1) is 12.3 Å². The molecule has 2 aromatic carbocycles. The fourth-order valence-electron chi connectivity index (χ4n) is 6.50. The molecule has 472 valence electrons. The summed E-state index contributed by atoms with van der Waals surface area (Å²) < 4.78 is 38.5. The maximum Gasteiger partial charge on any atom is 0.425 e. The van der Waals surface area contributed by atoms with Gasteiger partial charge in [0.2, 0.25) is 0 Å². The zero-order valence-electron chi connectivity index (χ0n) is 52.7. The lowest BCUT2D eigenvalue weighted by molar-refractivity contribution is 0.0275. The number of hydrogen-bond acceptors (Lipinski definition) is 20. The molecule has 6 amide bonds. The van der Waals surface area contributed by atoms with Gasteiger partial charge in [0.1, 0.15) is 48.5 Å². The lowest BCUT2D eigenvalue weighted by atomic mass is 10.1. The molecule has 1 N–H and O–H groups in total. The SMILES string of the molecule is C#Cc1nc(Br)cnc1N(C(=O)OC(C)(C)C)C(=O)OC(C)(C)C.CN(Cc1ccc(-c2cc(-c3nc(Br)cnc3N(C(=O)OC(C)(C)C)C(=O)OC(C)(C)C)on2)cc1)C(=O)OC(C)(C)C.CN(Cc1ccc(/C(Cl)=N/O)cc1)C(=O)OC(C)(C)C. The summed E-state index contributed by atoms with van der Waals surface area (Å²) in [5, 5.41) is 15.7. The van der Waals surface area contributed by atoms with Crippen LogP contribution in [0.4, 0.5) is 40.4 Å². The van der Waals surface area contributed by atoms with Crippen LogP contribution < -0.4 is 9.80 Å². The van der Waals surface area contributed by atoms with Crippen LogP contribution in [0.3, 0.4) is 0 Å². The zero-order valence-corrected chi connectivity index (χ0v) is 56.6. The number of aromatic nitrogens is 5. The largest absolute Gasteiger partial charge is 0.444 e. The number of carbonyl (C=O) groups excluding carboxylic acids is 6. The number of terminal acetylenes is 1. The van der Waals surface area contributed by atoms with Gasteiger partial charge in [0.15, 0.2) is 34.0 Å². The lowest BCUT2D eigenvalue weighted by Gasteiger charge is -2.28. The summed E-state index contributed by atoms with van der Waals surface area (Å²) in [6, 6.07) is 16.1. The van der Waals surface area contributed by atoms with Crippen LogP contribution in [0.15, 0.2) is 85.9 Å². The number of hydrogen-bond donors (Lipinski definition) is 1. The monoisotopic (exact) mass is 1350 g/mol. The Labute approximate surface area is 529 Å². The number of halogens is 3. The molecule has 0 aliphatic carbocycles. The Morgan fingerprint density at radius 2 is 0.908 bits per heavy atom. The van der Waals surface area contributed by atoms with Crippen molar-refractivity contribution in [2.75, 3.05) is 23.9 Å². The van der Waals surface area contributed by atoms with Crippen molar-refractivity contribution in [2.24, 2.45) is 5.16 Å². The van der Waals surface area contributed by atoms with Crippen LogP contribution in [-0.2, 0) is 41.5 Å². The molecule has 0 unspecified atom stereocenters. The lowest BCUT2D eigenvalue weighted by Crippen LogP contribution is -2.44. The quantitative estimate of drug-likeness (QED) is 0.0472. The van der Waals surface area contributed by atoms with Gasteiger partial charge in [0.05, 0.1) is 12.4 Å². The van der Waals surface area contributed by atoms with E-state index < -0.39 is 64.1 Å². The van der Waals surface area contributed by atoms with Crippen LogP contribution in [0.25, 0.3) is 22.7 Å². The third-order valence-electron chi connectivity index (χ3n) is 9.84. The van der Waals surface area contributed by atoms with Gasteiger partial charge in [-0.05, 0) is 174 Å². The van der Waals surface area contributed by atoms with Crippen molar-refractivity contribution in [1.29, 1.82) is 0 Å². The minimum atomic E-state index is -0.994. The highest BCUT2D eigenvalue weighted by atomic mass is 79.9. The summed E-state index contributed by atoms with van der Waals surface area (Å²) in [4.78, 5) is 96.7. The van der Waals surface area contributed by atoms with Crippen molar-refractivity contribution in [2.45, 2.75) is 171 Å². The summed E-state index contributed by atoms with van der Waals surface area (Å²) in [6.45, 7) is 31.8. The average molecular weight is 1360 g/mol. The number of ether oxygens (including phenoxy) is 6. The van der Waals surface area contributed by atoms with Crippen molar-refractivity contribution in [3.05, 3.63) is 98.6 Å². The number of oxime groups is 1. The summed E-state index contributed by atoms with van der Waals surface area (Å²) in [6.07, 6.45) is 3.37. The highest BCUT2D eigenvalue weighted by Crippen LogP contribution is 2.34. The second kappa shape index (κ2) is 30.2. The first-order valence-corrected chi connectivity index (χ1v) is 28.7. The van der Waals surface area contributed by atoms with Crippen LogP contribution in [0.1, 0.15) is 147 Å². The average Bonchev–Trinajstić information content (AvgIpc) is 2.66. The third kappa shape index (κ3) is 25.5. The van der Waals surface area contributed by atoms with Crippen LogP contribution in [0.5, 0.6) is 0 Å². The molecule has 0 radical (unpaired) electrons. The molecule has 24 nitrogen and oxygen atoms in total. The Morgan fingerprint density at radius 1 is 0.563 bits per heavy atom. The fraction of sp³-hybridized carbons (Fsp3) is 0.467. The summed E-state index contributed by atoms with van der Waals surface area (Å²) in [7, 11) is 3.34. The van der Waals surface area contributed by atoms with Gasteiger partial charge in [0.25, 0.3) is 0 Å². The number of benzene rings is 2. The normalized spacial score (nSPS) is 11.9. The van der Waals surface area contributed by atoms with E-state index in [1.165, 1.54) is 22.2 Å². The third-order valence-corrected chi connectivity index (χ3v) is 10.9. The molecule has 0 bridgehead atoms. The molecule has 0 spiro atoms. The molecule has 5 rings (SSSR count). The molecule has 0 aliphatic rings. The van der Waals surface area contributed by atoms with Gasteiger partial charge in [-0.1, -0.05) is 70.4 Å². The van der Waals surface area contributed by atoms with Crippen molar-refractivity contribution < 1.29 is 66.9 Å². The van der Waals surface area contributed by atoms with Crippen LogP contribution in [-0.4, -0.2) is 130 Å². The molecule has 0 atom stereocenters. The van der Waals surface area contributed by atoms with E-state index in [4.69, 9.17) is 56.2 Å². The molecule has 0 saturated heterocycles. The molecule has 5 aromatic rings. The first-order valence-electron chi connectivity index (χ1n) is 26.7. The minimum Gasteiger partial charge on any atom is -0.444 e. The van der Waals surface area contributed by atoms with E-state index in [1.54, 1.807) is 115 Å². The molecular formula is C60H77Br2ClN10O14. The second-order valence-corrected chi connectivity index (χ2v) is 27.0. The predicted octanol–water partition coefficient (Wildman–Crippen LogP) is 14.9. The van der Waals surface area contributed by atoms with Gasteiger partial charge in [-0.25, -0.2) is 48.7 Å². The molecule has 0 fully saturated rings. The topological polar surface area (TPSA) is 281 Å². The summed E-state index contributed by atoms with van der Waals surface area (Å²) in [5.74, 6) is 2.14. The fourth-order valence-corrected chi connectivity index (χ4v) is 7.19. The number of amides is 6. The van der Waals surface area contributed by atoms with E-state index in [1.807, 2.05) is 77.9 Å². The van der Waals surface area contributed by atoms with E-state index in [-0.39, 0.29) is 40.0 Å². The molecule has 27 heteroatoms. The van der Waals surface area contributed by atoms with Gasteiger partial charge in [0, 0.05) is 44.4 Å².